The van der Waals surface area contributed by atoms with Crippen molar-refractivity contribution in [2.75, 3.05) is 23.9 Å². The van der Waals surface area contributed by atoms with Crippen molar-refractivity contribution < 1.29 is 23.9 Å². The number of ether oxygens (including phenoxy) is 2. The van der Waals surface area contributed by atoms with E-state index in [9.17, 15) is 14.4 Å². The highest BCUT2D eigenvalue weighted by Gasteiger charge is 2.35. The molecular formula is C22H24N2O5. The van der Waals surface area contributed by atoms with Crippen molar-refractivity contribution in [2.45, 2.75) is 26.4 Å². The number of rotatable bonds is 6. The third kappa shape index (κ3) is 4.93. The Morgan fingerprint density at radius 2 is 1.72 bits per heavy atom. The summed E-state index contributed by atoms with van der Waals surface area (Å²) in [7, 11) is 1.31. The van der Waals surface area contributed by atoms with Crippen molar-refractivity contribution in [3.8, 4) is 5.75 Å². The van der Waals surface area contributed by atoms with E-state index in [0.717, 1.165) is 5.75 Å². The van der Waals surface area contributed by atoms with E-state index < -0.39 is 11.9 Å². The maximum atomic E-state index is 12.6. The van der Waals surface area contributed by atoms with Gasteiger partial charge in [0.2, 0.25) is 11.8 Å². The maximum absolute atomic E-state index is 12.6. The molecule has 1 aliphatic rings. The molecule has 1 aliphatic heterocycles. The molecule has 2 amide bonds. The average Bonchev–Trinajstić information content (AvgIpc) is 3.10. The van der Waals surface area contributed by atoms with Crippen LogP contribution in [0.15, 0.2) is 48.5 Å². The van der Waals surface area contributed by atoms with Gasteiger partial charge in [0.25, 0.3) is 0 Å². The summed E-state index contributed by atoms with van der Waals surface area (Å²) in [5, 5.41) is 2.85. The number of nitrogens with zero attached hydrogens (tertiary/aromatic N) is 1. The van der Waals surface area contributed by atoms with Crippen LogP contribution in [0.3, 0.4) is 0 Å². The topological polar surface area (TPSA) is 84.9 Å². The largest absolute Gasteiger partial charge is 0.491 e. The number of benzene rings is 2. The summed E-state index contributed by atoms with van der Waals surface area (Å²) >= 11 is 0. The van der Waals surface area contributed by atoms with Crippen molar-refractivity contribution in [3.05, 3.63) is 54.1 Å². The lowest BCUT2D eigenvalue weighted by atomic mass is 10.1. The predicted octanol–water partition coefficient (Wildman–Crippen LogP) is 3.25. The van der Waals surface area contributed by atoms with Crippen LogP contribution >= 0.6 is 0 Å². The van der Waals surface area contributed by atoms with Crippen LogP contribution in [0.5, 0.6) is 5.75 Å². The van der Waals surface area contributed by atoms with Crippen LogP contribution < -0.4 is 15.0 Å². The minimum atomic E-state index is -0.450. The molecule has 0 spiro atoms. The molecule has 0 bridgehead atoms. The molecule has 2 aromatic rings. The van der Waals surface area contributed by atoms with Gasteiger partial charge in [-0.1, -0.05) is 0 Å². The molecule has 3 rings (SSSR count). The lowest BCUT2D eigenvalue weighted by Crippen LogP contribution is -2.28. The molecule has 1 unspecified atom stereocenters. The van der Waals surface area contributed by atoms with Gasteiger partial charge in [-0.15, -0.1) is 0 Å². The van der Waals surface area contributed by atoms with Gasteiger partial charge in [-0.05, 0) is 62.4 Å². The van der Waals surface area contributed by atoms with E-state index in [1.54, 1.807) is 53.4 Å². The normalized spacial score (nSPS) is 16.1. The molecule has 1 N–H and O–H groups in total. The molecule has 1 atom stereocenters. The second kappa shape index (κ2) is 8.77. The molecule has 152 valence electrons. The standard InChI is InChI=1S/C22H24N2O5/c1-14(2)29-19-10-6-17(7-11-19)23-21(26)16-12-20(25)24(13-16)18-8-4-15(5-9-18)22(27)28-3/h4-11,14,16H,12-13H2,1-3H3,(H,23,26). The first-order valence-electron chi connectivity index (χ1n) is 9.43. The quantitative estimate of drug-likeness (QED) is 0.758. The molecule has 7 nitrogen and oxygen atoms in total. The number of esters is 1. The molecule has 1 saturated heterocycles. The Balaban J connectivity index is 1.62. The van der Waals surface area contributed by atoms with Gasteiger partial charge in [0.15, 0.2) is 0 Å². The van der Waals surface area contributed by atoms with Crippen LogP contribution in [-0.4, -0.2) is 37.5 Å². The van der Waals surface area contributed by atoms with E-state index in [1.807, 2.05) is 13.8 Å². The minimum absolute atomic E-state index is 0.0765. The van der Waals surface area contributed by atoms with Crippen LogP contribution in [0.1, 0.15) is 30.6 Å². The molecular weight excluding hydrogens is 372 g/mol. The Morgan fingerprint density at radius 1 is 1.07 bits per heavy atom. The molecule has 7 heteroatoms. The fourth-order valence-corrected chi connectivity index (χ4v) is 3.16. The monoisotopic (exact) mass is 396 g/mol. The summed E-state index contributed by atoms with van der Waals surface area (Å²) in [6.07, 6.45) is 0.215. The van der Waals surface area contributed by atoms with Gasteiger partial charge in [-0.3, -0.25) is 9.59 Å². The molecule has 0 saturated carbocycles. The van der Waals surface area contributed by atoms with E-state index in [1.165, 1.54) is 7.11 Å². The van der Waals surface area contributed by atoms with Crippen molar-refractivity contribution in [1.82, 2.24) is 0 Å². The number of amides is 2. The number of hydrogen-bond acceptors (Lipinski definition) is 5. The molecule has 0 aliphatic carbocycles. The highest BCUT2D eigenvalue weighted by atomic mass is 16.5. The predicted molar refractivity (Wildman–Crippen MR) is 109 cm³/mol. The van der Waals surface area contributed by atoms with E-state index in [-0.39, 0.29) is 30.9 Å². The first-order chi connectivity index (χ1) is 13.9. The molecule has 0 radical (unpaired) electrons. The number of carbonyl (C=O) groups is 3. The highest BCUT2D eigenvalue weighted by Crippen LogP contribution is 2.27. The third-order valence-electron chi connectivity index (χ3n) is 4.59. The lowest BCUT2D eigenvalue weighted by molar-refractivity contribution is -0.122. The third-order valence-corrected chi connectivity index (χ3v) is 4.59. The highest BCUT2D eigenvalue weighted by molar-refractivity contribution is 6.03. The summed E-state index contributed by atoms with van der Waals surface area (Å²) in [5.41, 5.74) is 1.70. The van der Waals surface area contributed by atoms with Gasteiger partial charge in [0.1, 0.15) is 5.75 Å². The van der Waals surface area contributed by atoms with E-state index in [4.69, 9.17) is 4.74 Å². The zero-order chi connectivity index (χ0) is 21.0. The van der Waals surface area contributed by atoms with Gasteiger partial charge in [0.05, 0.1) is 24.7 Å². The number of methoxy groups -OCH3 is 1. The number of anilines is 2. The fourth-order valence-electron chi connectivity index (χ4n) is 3.16. The molecule has 29 heavy (non-hydrogen) atoms. The van der Waals surface area contributed by atoms with E-state index >= 15 is 0 Å². The van der Waals surface area contributed by atoms with Gasteiger partial charge in [-0.2, -0.15) is 0 Å². The zero-order valence-corrected chi connectivity index (χ0v) is 16.7. The molecule has 0 aromatic heterocycles. The Bertz CT molecular complexity index is 890. The summed E-state index contributed by atoms with van der Waals surface area (Å²) in [6, 6.07) is 13.7. The van der Waals surface area contributed by atoms with Crippen molar-refractivity contribution in [1.29, 1.82) is 0 Å². The van der Waals surface area contributed by atoms with Crippen LogP contribution in [0.2, 0.25) is 0 Å². The Hall–Kier alpha value is -3.35. The number of carbonyl (C=O) groups excluding carboxylic acids is 3. The fraction of sp³-hybridized carbons (Fsp3) is 0.318. The van der Waals surface area contributed by atoms with Crippen LogP contribution in [-0.2, 0) is 14.3 Å². The average molecular weight is 396 g/mol. The first kappa shape index (κ1) is 20.4. The van der Waals surface area contributed by atoms with Gasteiger partial charge in [-0.25, -0.2) is 4.79 Å². The summed E-state index contributed by atoms with van der Waals surface area (Å²) < 4.78 is 10.3. The zero-order valence-electron chi connectivity index (χ0n) is 16.7. The number of nitrogens with one attached hydrogen (secondary N) is 1. The van der Waals surface area contributed by atoms with Gasteiger partial charge in [0, 0.05) is 24.3 Å². The Kier molecular flexibility index (Phi) is 6.16. The summed E-state index contributed by atoms with van der Waals surface area (Å²) in [4.78, 5) is 38.1. The number of hydrogen-bond donors (Lipinski definition) is 1. The SMILES string of the molecule is COC(=O)c1ccc(N2CC(C(=O)Nc3ccc(OC(C)C)cc3)CC2=O)cc1. The second-order valence-corrected chi connectivity index (χ2v) is 7.12. The van der Waals surface area contributed by atoms with Crippen molar-refractivity contribution in [3.63, 3.8) is 0 Å². The van der Waals surface area contributed by atoms with Gasteiger partial charge < -0.3 is 19.7 Å². The van der Waals surface area contributed by atoms with E-state index in [0.29, 0.717) is 16.9 Å². The molecule has 1 heterocycles. The maximum Gasteiger partial charge on any atom is 0.337 e. The summed E-state index contributed by atoms with van der Waals surface area (Å²) in [5.74, 6) is -0.488. The first-order valence-corrected chi connectivity index (χ1v) is 9.43. The van der Waals surface area contributed by atoms with Crippen LogP contribution in [0.25, 0.3) is 0 Å². The van der Waals surface area contributed by atoms with Crippen LogP contribution in [0.4, 0.5) is 11.4 Å². The summed E-state index contributed by atoms with van der Waals surface area (Å²) in [6.45, 7) is 4.18. The lowest BCUT2D eigenvalue weighted by Gasteiger charge is -2.17. The van der Waals surface area contributed by atoms with Crippen LogP contribution in [0, 0.1) is 5.92 Å². The van der Waals surface area contributed by atoms with Gasteiger partial charge >= 0.3 is 5.97 Å². The van der Waals surface area contributed by atoms with Crippen molar-refractivity contribution >= 4 is 29.2 Å². The van der Waals surface area contributed by atoms with E-state index in [2.05, 4.69) is 10.1 Å². The Morgan fingerprint density at radius 3 is 2.31 bits per heavy atom. The molecule has 2 aromatic carbocycles. The smallest absolute Gasteiger partial charge is 0.337 e. The molecule has 1 fully saturated rings. The second-order valence-electron chi connectivity index (χ2n) is 7.12. The Labute approximate surface area is 169 Å². The minimum Gasteiger partial charge on any atom is -0.491 e. The van der Waals surface area contributed by atoms with Crippen molar-refractivity contribution in [2.24, 2.45) is 5.92 Å².